The Labute approximate surface area is 69.4 Å². The van der Waals surface area contributed by atoms with Crippen molar-refractivity contribution in [2.24, 2.45) is 11.8 Å². The van der Waals surface area contributed by atoms with Crippen LogP contribution in [0.25, 0.3) is 0 Å². The predicted molar refractivity (Wildman–Crippen MR) is 43.4 cm³/mol. The van der Waals surface area contributed by atoms with Gasteiger partial charge in [0, 0.05) is 19.0 Å². The molecule has 0 saturated carbocycles. The topological polar surface area (TPSA) is 29.5 Å². The van der Waals surface area contributed by atoms with Gasteiger partial charge < -0.3 is 4.90 Å². The first-order valence-corrected chi connectivity index (χ1v) is 5.20. The van der Waals surface area contributed by atoms with Crippen LogP contribution < -0.4 is 0 Å². The van der Waals surface area contributed by atoms with Crippen LogP contribution in [0.1, 0.15) is 0 Å². The molecule has 64 valence electrons. The maximum atomic E-state index is 11.0. The molecule has 0 aromatic carbocycles. The lowest BCUT2D eigenvalue weighted by molar-refractivity contribution is 0.225. The van der Waals surface area contributed by atoms with E-state index >= 15 is 0 Å². The van der Waals surface area contributed by atoms with Gasteiger partial charge in [0.05, 0.1) is 12.4 Å². The molecule has 2 saturated heterocycles. The van der Waals surface area contributed by atoms with Crippen LogP contribution in [-0.4, -0.2) is 41.6 Å². The summed E-state index contributed by atoms with van der Waals surface area (Å²) in [5.74, 6) is 2.00. The number of fused-ring (bicyclic) bond motifs is 1. The van der Waals surface area contributed by atoms with Crippen LogP contribution in [0.4, 0.5) is 0 Å². The Morgan fingerprint density at radius 3 is 3.00 bits per heavy atom. The van der Waals surface area contributed by atoms with Crippen molar-refractivity contribution in [3.63, 3.8) is 0 Å². The van der Waals surface area contributed by atoms with Crippen molar-refractivity contribution < 1.29 is 8.39 Å². The normalized spacial score (nSPS) is 45.7. The molecule has 0 aromatic heterocycles. The van der Waals surface area contributed by atoms with Crippen molar-refractivity contribution in [1.82, 2.24) is 4.90 Å². The van der Waals surface area contributed by atoms with E-state index in [0.717, 1.165) is 18.8 Å². The van der Waals surface area contributed by atoms with Crippen molar-refractivity contribution in [2.75, 3.05) is 32.5 Å². The fourth-order valence-corrected chi connectivity index (χ4v) is 3.09. The van der Waals surface area contributed by atoms with Gasteiger partial charge in [-0.3, -0.25) is 4.18 Å². The van der Waals surface area contributed by atoms with Crippen LogP contribution in [-0.2, 0) is 15.3 Å². The van der Waals surface area contributed by atoms with E-state index in [0.29, 0.717) is 18.4 Å². The molecule has 0 bridgehead atoms. The van der Waals surface area contributed by atoms with Gasteiger partial charge in [-0.2, -0.15) is 0 Å². The molecule has 0 aliphatic carbocycles. The standard InChI is InChI=1S/C7H13NO2S/c1-8-2-6-4-10-11(9)5-7(6)3-8/h6-7H,2-5H2,1H3/t6-,7+,11?/m1/s1. The Balaban J connectivity index is 2.02. The summed E-state index contributed by atoms with van der Waals surface area (Å²) in [4.78, 5) is 2.29. The third-order valence-electron chi connectivity index (χ3n) is 2.52. The third-order valence-corrected chi connectivity index (χ3v) is 3.62. The fourth-order valence-electron chi connectivity index (χ4n) is 1.94. The summed E-state index contributed by atoms with van der Waals surface area (Å²) in [6, 6.07) is 0. The van der Waals surface area contributed by atoms with E-state index in [-0.39, 0.29) is 0 Å². The largest absolute Gasteiger partial charge is 0.306 e. The average Bonchev–Trinajstić information content (AvgIpc) is 2.27. The van der Waals surface area contributed by atoms with E-state index in [1.54, 1.807) is 0 Å². The quantitative estimate of drug-likeness (QED) is 0.513. The van der Waals surface area contributed by atoms with Crippen LogP contribution in [0, 0.1) is 11.8 Å². The van der Waals surface area contributed by atoms with Crippen LogP contribution in [0.15, 0.2) is 0 Å². The summed E-state index contributed by atoms with van der Waals surface area (Å²) in [5, 5.41) is 0. The minimum absolute atomic E-state index is 0.620. The molecule has 3 atom stereocenters. The molecule has 0 N–H and O–H groups in total. The Morgan fingerprint density at radius 1 is 1.45 bits per heavy atom. The van der Waals surface area contributed by atoms with Crippen molar-refractivity contribution >= 4 is 11.1 Å². The number of likely N-dealkylation sites (tertiary alicyclic amines) is 1. The zero-order chi connectivity index (χ0) is 7.84. The second-order valence-electron chi connectivity index (χ2n) is 3.50. The number of hydrogen-bond donors (Lipinski definition) is 0. The van der Waals surface area contributed by atoms with E-state index in [1.807, 2.05) is 0 Å². The highest BCUT2D eigenvalue weighted by atomic mass is 32.2. The second kappa shape index (κ2) is 2.84. The highest BCUT2D eigenvalue weighted by Gasteiger charge is 2.35. The predicted octanol–water partition coefficient (Wildman–Crippen LogP) is -0.142. The van der Waals surface area contributed by atoms with E-state index in [2.05, 4.69) is 11.9 Å². The third kappa shape index (κ3) is 1.48. The highest BCUT2D eigenvalue weighted by molar-refractivity contribution is 7.80. The van der Waals surface area contributed by atoms with Crippen LogP contribution in [0.5, 0.6) is 0 Å². The summed E-state index contributed by atoms with van der Waals surface area (Å²) in [6.07, 6.45) is 0. The number of nitrogens with zero attached hydrogens (tertiary/aromatic N) is 1. The van der Waals surface area contributed by atoms with E-state index in [4.69, 9.17) is 4.18 Å². The molecule has 0 spiro atoms. The Morgan fingerprint density at radius 2 is 2.18 bits per heavy atom. The Hall–Kier alpha value is 0.0700. The smallest absolute Gasteiger partial charge is 0.155 e. The first-order valence-electron chi connectivity index (χ1n) is 3.96. The molecule has 2 fully saturated rings. The van der Waals surface area contributed by atoms with Crippen LogP contribution in [0.2, 0.25) is 0 Å². The summed E-state index contributed by atoms with van der Waals surface area (Å²) < 4.78 is 16.1. The molecule has 2 rings (SSSR count). The minimum atomic E-state index is -0.992. The van der Waals surface area contributed by atoms with Crippen LogP contribution in [0.3, 0.4) is 0 Å². The maximum absolute atomic E-state index is 11.0. The first kappa shape index (κ1) is 7.71. The van der Waals surface area contributed by atoms with Crippen molar-refractivity contribution in [3.05, 3.63) is 0 Å². The molecule has 11 heavy (non-hydrogen) atoms. The van der Waals surface area contributed by atoms with Gasteiger partial charge in [0.15, 0.2) is 11.1 Å². The number of rotatable bonds is 0. The zero-order valence-corrected chi connectivity index (χ0v) is 7.47. The molecule has 2 aliphatic rings. The van der Waals surface area contributed by atoms with Gasteiger partial charge in [0.2, 0.25) is 0 Å². The van der Waals surface area contributed by atoms with Gasteiger partial charge in [0.1, 0.15) is 0 Å². The van der Waals surface area contributed by atoms with Crippen molar-refractivity contribution in [2.45, 2.75) is 0 Å². The molecule has 2 heterocycles. The number of hydrogen-bond acceptors (Lipinski definition) is 3. The fraction of sp³-hybridized carbons (Fsp3) is 1.00. The summed E-state index contributed by atoms with van der Waals surface area (Å²) in [6.45, 7) is 2.91. The molecule has 1 unspecified atom stereocenters. The summed E-state index contributed by atoms with van der Waals surface area (Å²) >= 11 is -0.992. The maximum Gasteiger partial charge on any atom is 0.155 e. The molecule has 0 aromatic rings. The van der Waals surface area contributed by atoms with Gasteiger partial charge in [-0.25, -0.2) is 4.21 Å². The van der Waals surface area contributed by atoms with E-state index < -0.39 is 11.1 Å². The second-order valence-corrected chi connectivity index (χ2v) is 4.67. The van der Waals surface area contributed by atoms with Gasteiger partial charge in [0.25, 0.3) is 0 Å². The van der Waals surface area contributed by atoms with Gasteiger partial charge >= 0.3 is 0 Å². The average molecular weight is 175 g/mol. The Bertz CT molecular complexity index is 185. The molecular formula is C7H13NO2S. The molecule has 2 aliphatic heterocycles. The first-order chi connectivity index (χ1) is 5.25. The monoisotopic (exact) mass is 175 g/mol. The van der Waals surface area contributed by atoms with Gasteiger partial charge in [-0.05, 0) is 13.0 Å². The highest BCUT2D eigenvalue weighted by Crippen LogP contribution is 2.27. The van der Waals surface area contributed by atoms with E-state index in [1.165, 1.54) is 0 Å². The van der Waals surface area contributed by atoms with Gasteiger partial charge in [-0.1, -0.05) is 0 Å². The SMILES string of the molecule is CN1C[C@@H]2COS(=O)C[C@@H]2C1. The minimum Gasteiger partial charge on any atom is -0.306 e. The lowest BCUT2D eigenvalue weighted by Crippen LogP contribution is -2.30. The molecule has 4 heteroatoms. The van der Waals surface area contributed by atoms with E-state index in [9.17, 15) is 4.21 Å². The zero-order valence-electron chi connectivity index (χ0n) is 6.66. The summed E-state index contributed by atoms with van der Waals surface area (Å²) in [7, 11) is 2.11. The van der Waals surface area contributed by atoms with Crippen LogP contribution >= 0.6 is 0 Å². The van der Waals surface area contributed by atoms with Crippen molar-refractivity contribution in [1.29, 1.82) is 0 Å². The summed E-state index contributed by atoms with van der Waals surface area (Å²) in [5.41, 5.74) is 0. The molecule has 0 amide bonds. The molecule has 3 nitrogen and oxygen atoms in total. The Kier molecular flexibility index (Phi) is 1.99. The van der Waals surface area contributed by atoms with Crippen molar-refractivity contribution in [3.8, 4) is 0 Å². The molecule has 0 radical (unpaired) electrons. The lowest BCUT2D eigenvalue weighted by Gasteiger charge is -2.22. The lowest BCUT2D eigenvalue weighted by atomic mass is 9.99. The van der Waals surface area contributed by atoms with Gasteiger partial charge in [-0.15, -0.1) is 0 Å². The molecular weight excluding hydrogens is 162 g/mol.